The summed E-state index contributed by atoms with van der Waals surface area (Å²) in [4.78, 5) is 58.2. The molecule has 1 aromatic carbocycles. The molecule has 2 heterocycles. The molecule has 9 nitrogen and oxygen atoms in total. The summed E-state index contributed by atoms with van der Waals surface area (Å²) in [5.41, 5.74) is 0.307. The Kier molecular flexibility index (Phi) is 6.95. The molecule has 1 aliphatic heterocycles. The third-order valence-corrected chi connectivity index (χ3v) is 9.11. The number of ether oxygens (including phenoxy) is 1. The molecule has 6 rings (SSSR count). The normalized spacial score (nSPS) is 24.9. The van der Waals surface area contributed by atoms with Crippen LogP contribution in [0.3, 0.4) is 0 Å². The van der Waals surface area contributed by atoms with Crippen molar-refractivity contribution in [3.63, 3.8) is 0 Å². The maximum Gasteiger partial charge on any atom is 0.433 e. The molecule has 2 amide bonds. The minimum Gasteiger partial charge on any atom is -0.507 e. The van der Waals surface area contributed by atoms with Gasteiger partial charge in [-0.05, 0) is 50.0 Å². The van der Waals surface area contributed by atoms with E-state index in [2.05, 4.69) is 4.98 Å². The molecule has 13 heteroatoms. The molecule has 1 saturated heterocycles. The van der Waals surface area contributed by atoms with Gasteiger partial charge in [-0.1, -0.05) is 29.3 Å². The number of fused-ring (bicyclic) bond motifs is 3. The molecular weight excluding hydrogens is 603 g/mol. The Morgan fingerprint density at radius 1 is 1.09 bits per heavy atom. The number of hydrogen-bond donors (Lipinski definition) is 1. The van der Waals surface area contributed by atoms with Crippen molar-refractivity contribution in [3.05, 3.63) is 81.1 Å². The Labute approximate surface area is 254 Å². The fourth-order valence-electron chi connectivity index (χ4n) is 6.82. The number of carbonyl (C=O) groups is 4. The first-order chi connectivity index (χ1) is 20.7. The maximum atomic E-state index is 14.1. The Hall–Kier alpha value is -4.45. The predicted octanol–water partition coefficient (Wildman–Crippen LogP) is 4.95. The smallest absolute Gasteiger partial charge is 0.433 e. The molecular formula is C31H25ClF3N3O6. The van der Waals surface area contributed by atoms with Crippen molar-refractivity contribution in [1.82, 2.24) is 9.99 Å². The zero-order valence-electron chi connectivity index (χ0n) is 23.6. The van der Waals surface area contributed by atoms with E-state index < -0.39 is 53.2 Å². The minimum absolute atomic E-state index is 0.00928. The van der Waals surface area contributed by atoms with Gasteiger partial charge in [0.25, 0.3) is 11.8 Å². The highest BCUT2D eigenvalue weighted by Crippen LogP contribution is 2.56. The number of aromatic hydroxyl groups is 1. The zero-order valence-corrected chi connectivity index (χ0v) is 24.4. The maximum absolute atomic E-state index is 14.1. The number of phenolic OH excluding ortho intramolecular Hbond substituents is 1. The number of rotatable bonds is 4. The Morgan fingerprint density at radius 3 is 2.48 bits per heavy atom. The number of amides is 2. The molecule has 0 bridgehead atoms. The number of phenols is 1. The Balaban J connectivity index is 1.44. The van der Waals surface area contributed by atoms with Crippen LogP contribution in [0.5, 0.6) is 11.5 Å². The SMILES string of the molecule is COc1ccc(C2C3=CCC4C(=O)N(N(C)c5nc(C(F)(F)F)ccc5Cl)C(=O)C4C3CC3=C2C(=O)C=C(C)C3=O)c(O)c1. The quantitative estimate of drug-likeness (QED) is 0.288. The molecule has 0 saturated carbocycles. The molecule has 1 aromatic heterocycles. The van der Waals surface area contributed by atoms with Crippen molar-refractivity contribution in [1.29, 1.82) is 0 Å². The van der Waals surface area contributed by atoms with E-state index >= 15 is 0 Å². The van der Waals surface area contributed by atoms with Crippen molar-refractivity contribution < 1.29 is 42.2 Å². The number of halogens is 4. The summed E-state index contributed by atoms with van der Waals surface area (Å²) in [5, 5.41) is 12.5. The van der Waals surface area contributed by atoms with Crippen molar-refractivity contribution >= 4 is 40.8 Å². The highest BCUT2D eigenvalue weighted by Gasteiger charge is 2.58. The number of aromatic nitrogens is 1. The van der Waals surface area contributed by atoms with Crippen molar-refractivity contribution in [2.24, 2.45) is 17.8 Å². The first-order valence-corrected chi connectivity index (χ1v) is 14.0. The highest BCUT2D eigenvalue weighted by molar-refractivity contribution is 6.33. The molecule has 2 aromatic rings. The molecule has 1 N–H and O–H groups in total. The van der Waals surface area contributed by atoms with Gasteiger partial charge in [-0.25, -0.2) is 4.98 Å². The Bertz CT molecular complexity index is 1760. The van der Waals surface area contributed by atoms with Crippen LogP contribution in [0.4, 0.5) is 19.0 Å². The monoisotopic (exact) mass is 627 g/mol. The van der Waals surface area contributed by atoms with Gasteiger partial charge in [0.1, 0.15) is 17.2 Å². The van der Waals surface area contributed by atoms with Gasteiger partial charge >= 0.3 is 6.18 Å². The van der Waals surface area contributed by atoms with E-state index in [4.69, 9.17) is 16.3 Å². The van der Waals surface area contributed by atoms with Crippen LogP contribution in [-0.4, -0.2) is 52.6 Å². The summed E-state index contributed by atoms with van der Waals surface area (Å²) in [6, 6.07) is 6.26. The van der Waals surface area contributed by atoms with Gasteiger partial charge in [0, 0.05) is 41.3 Å². The number of methoxy groups -OCH3 is 1. The third-order valence-electron chi connectivity index (χ3n) is 8.81. The molecule has 4 unspecified atom stereocenters. The zero-order chi connectivity index (χ0) is 31.8. The van der Waals surface area contributed by atoms with Crippen LogP contribution in [0.15, 0.2) is 64.8 Å². The highest BCUT2D eigenvalue weighted by atomic mass is 35.5. The molecule has 4 atom stereocenters. The van der Waals surface area contributed by atoms with E-state index in [0.29, 0.717) is 23.0 Å². The van der Waals surface area contributed by atoms with Crippen LogP contribution >= 0.6 is 11.6 Å². The number of benzene rings is 1. The topological polar surface area (TPSA) is 117 Å². The number of pyridine rings is 1. The molecule has 44 heavy (non-hydrogen) atoms. The molecule has 228 valence electrons. The first kappa shape index (κ1) is 29.6. The summed E-state index contributed by atoms with van der Waals surface area (Å²) in [6.07, 6.45) is -1.70. The molecule has 1 fully saturated rings. The van der Waals surface area contributed by atoms with Crippen LogP contribution in [0.25, 0.3) is 0 Å². The van der Waals surface area contributed by atoms with Gasteiger partial charge in [-0.15, -0.1) is 0 Å². The summed E-state index contributed by atoms with van der Waals surface area (Å²) in [5.74, 6) is -5.85. The molecule has 4 aliphatic rings. The summed E-state index contributed by atoms with van der Waals surface area (Å²) in [6.45, 7) is 1.52. The standard InChI is InChI=1S/C31H25ClF3N3O6/c1-13-10-22(40)26-19(27(13)41)12-18-15(24(26)16-5-4-14(44-3)11-21(16)39)6-7-17-25(18)30(43)38(29(17)42)37(2)28-20(32)8-9-23(36-28)31(33,34)35/h4-6,8-11,17-18,24-25,39H,7,12H2,1-3H3. The van der Waals surface area contributed by atoms with E-state index in [0.717, 1.165) is 16.1 Å². The van der Waals surface area contributed by atoms with Gasteiger partial charge < -0.3 is 9.84 Å². The van der Waals surface area contributed by atoms with Crippen LogP contribution in [0, 0.1) is 17.8 Å². The number of hydrogen-bond acceptors (Lipinski definition) is 8. The number of Topliss-reactive ketones (excluding diaryl/α,β-unsaturated/α-hetero) is 1. The second-order valence-electron chi connectivity index (χ2n) is 11.2. The number of ketones is 2. The number of imide groups is 1. The minimum atomic E-state index is -4.79. The number of hydrazine groups is 1. The lowest BCUT2D eigenvalue weighted by Gasteiger charge is -2.42. The summed E-state index contributed by atoms with van der Waals surface area (Å²) in [7, 11) is 2.66. The summed E-state index contributed by atoms with van der Waals surface area (Å²) < 4.78 is 45.5. The fraction of sp³-hybridized carbons (Fsp3) is 0.323. The van der Waals surface area contributed by atoms with Crippen LogP contribution in [0.2, 0.25) is 5.02 Å². The van der Waals surface area contributed by atoms with E-state index in [1.807, 2.05) is 0 Å². The first-order valence-electron chi connectivity index (χ1n) is 13.7. The van der Waals surface area contributed by atoms with E-state index in [9.17, 15) is 37.5 Å². The molecule has 3 aliphatic carbocycles. The van der Waals surface area contributed by atoms with Crippen molar-refractivity contribution in [2.75, 3.05) is 19.2 Å². The van der Waals surface area contributed by atoms with Gasteiger partial charge in [-0.2, -0.15) is 18.2 Å². The van der Waals surface area contributed by atoms with Gasteiger partial charge in [-0.3, -0.25) is 24.2 Å². The average Bonchev–Trinajstić information content (AvgIpc) is 3.23. The number of carbonyl (C=O) groups excluding carboxylic acids is 4. The number of alkyl halides is 3. The third kappa shape index (κ3) is 4.42. The number of anilines is 1. The van der Waals surface area contributed by atoms with E-state index in [-0.39, 0.29) is 51.9 Å². The van der Waals surface area contributed by atoms with Crippen LogP contribution in [-0.2, 0) is 25.4 Å². The second-order valence-corrected chi connectivity index (χ2v) is 11.6. The number of allylic oxidation sites excluding steroid dienone is 6. The largest absolute Gasteiger partial charge is 0.507 e. The van der Waals surface area contributed by atoms with Crippen molar-refractivity contribution in [3.8, 4) is 11.5 Å². The molecule has 0 spiro atoms. The molecule has 0 radical (unpaired) electrons. The average molecular weight is 628 g/mol. The van der Waals surface area contributed by atoms with Gasteiger partial charge in [0.05, 0.1) is 24.0 Å². The fourth-order valence-corrected chi connectivity index (χ4v) is 7.05. The lowest BCUT2D eigenvalue weighted by atomic mass is 9.59. The van der Waals surface area contributed by atoms with Gasteiger partial charge in [0.15, 0.2) is 17.4 Å². The van der Waals surface area contributed by atoms with Crippen molar-refractivity contribution in [2.45, 2.75) is 31.9 Å². The van der Waals surface area contributed by atoms with Crippen LogP contribution in [0.1, 0.15) is 36.9 Å². The predicted molar refractivity (Wildman–Crippen MR) is 150 cm³/mol. The van der Waals surface area contributed by atoms with E-state index in [1.165, 1.54) is 33.2 Å². The summed E-state index contributed by atoms with van der Waals surface area (Å²) >= 11 is 6.18. The van der Waals surface area contributed by atoms with E-state index in [1.54, 1.807) is 18.2 Å². The second kappa shape index (κ2) is 10.3. The van der Waals surface area contributed by atoms with Crippen LogP contribution < -0.4 is 9.75 Å². The van der Waals surface area contributed by atoms with Gasteiger partial charge in [0.2, 0.25) is 0 Å². The lowest BCUT2D eigenvalue weighted by molar-refractivity contribution is -0.141. The lowest BCUT2D eigenvalue weighted by Crippen LogP contribution is -2.46. The Morgan fingerprint density at radius 2 is 1.82 bits per heavy atom. The number of nitrogens with zero attached hydrogens (tertiary/aromatic N) is 3.